The molecule has 0 bridgehead atoms. The van der Waals surface area contributed by atoms with Gasteiger partial charge in [0.25, 0.3) is 6.71 Å². The molecule has 440 valence electrons. The van der Waals surface area contributed by atoms with Crippen LogP contribution in [0.1, 0.15) is 52.7 Å². The van der Waals surface area contributed by atoms with E-state index in [-0.39, 0.29) is 17.5 Å². The van der Waals surface area contributed by atoms with Crippen LogP contribution in [0, 0.1) is 0 Å². The molecule has 6 heteroatoms. The van der Waals surface area contributed by atoms with Crippen molar-refractivity contribution >= 4 is 122 Å². The summed E-state index contributed by atoms with van der Waals surface area (Å²) in [6.45, 7) is 13.7. The van der Waals surface area contributed by atoms with Crippen LogP contribution in [0.5, 0.6) is 0 Å². The molecule has 0 fully saturated rings. The Morgan fingerprint density at radius 1 is 0.337 bits per heavy atom. The van der Waals surface area contributed by atoms with Gasteiger partial charge >= 0.3 is 0 Å². The predicted molar refractivity (Wildman–Crippen MR) is 397 cm³/mol. The maximum Gasteiger partial charge on any atom is 0.254 e. The number of aromatic nitrogens is 1. The van der Waals surface area contributed by atoms with E-state index < -0.39 is 0 Å². The molecule has 15 aromatic rings. The average molecular weight is 1220 g/mol. The highest BCUT2D eigenvalue weighted by Crippen LogP contribution is 2.56. The highest BCUT2D eigenvalue weighted by Gasteiger charge is 2.47. The van der Waals surface area contributed by atoms with Crippen molar-refractivity contribution in [3.05, 3.63) is 301 Å². The van der Waals surface area contributed by atoms with Crippen LogP contribution < -0.4 is 26.2 Å². The summed E-state index contributed by atoms with van der Waals surface area (Å²) in [5, 5.41) is 5.67. The van der Waals surface area contributed by atoms with Crippen molar-refractivity contribution in [1.29, 1.82) is 0 Å². The second kappa shape index (κ2) is 21.5. The van der Waals surface area contributed by atoms with Crippen molar-refractivity contribution in [1.82, 2.24) is 4.57 Å². The van der Waals surface area contributed by atoms with E-state index in [1.165, 1.54) is 69.5 Å². The summed E-state index contributed by atoms with van der Waals surface area (Å²) in [5.41, 5.74) is 27.5. The lowest BCUT2D eigenvalue weighted by Gasteiger charge is -2.46. The quantitative estimate of drug-likeness (QED) is 0.141. The van der Waals surface area contributed by atoms with Crippen LogP contribution in [-0.4, -0.2) is 11.3 Å². The molecular weight excluding hydrogens is 1150 g/mol. The van der Waals surface area contributed by atoms with Gasteiger partial charge in [-0.15, -0.1) is 11.3 Å². The number of halogens is 1. The maximum atomic E-state index is 7.54. The lowest BCUT2D eigenvalue weighted by Crippen LogP contribution is -2.61. The molecule has 13 aromatic carbocycles. The van der Waals surface area contributed by atoms with Crippen LogP contribution in [0.25, 0.3) is 103 Å². The molecule has 0 amide bonds. The Morgan fingerprint density at radius 3 is 1.23 bits per heavy atom. The van der Waals surface area contributed by atoms with E-state index in [2.05, 4.69) is 341 Å². The maximum absolute atomic E-state index is 7.54. The normalized spacial score (nSPS) is 12.9. The average Bonchev–Trinajstić information content (AvgIpc) is 1.04. The van der Waals surface area contributed by atoms with E-state index in [9.17, 15) is 0 Å². The zero-order valence-electron chi connectivity index (χ0n) is 52.3. The molecule has 2 aromatic heterocycles. The van der Waals surface area contributed by atoms with E-state index in [1.54, 1.807) is 0 Å². The second-order valence-electron chi connectivity index (χ2n) is 26.9. The molecule has 0 saturated carbocycles. The van der Waals surface area contributed by atoms with Crippen molar-refractivity contribution in [2.24, 2.45) is 0 Å². The molecule has 0 unspecified atom stereocenters. The number of hydrogen-bond acceptors (Lipinski definition) is 3. The summed E-state index contributed by atoms with van der Waals surface area (Å²) >= 11 is 9.47. The topological polar surface area (TPSA) is 11.4 Å². The van der Waals surface area contributed by atoms with Crippen molar-refractivity contribution in [2.45, 2.75) is 52.4 Å². The molecule has 0 spiro atoms. The molecule has 4 heterocycles. The third kappa shape index (κ3) is 8.92. The minimum atomic E-state index is -0.265. The third-order valence-corrected chi connectivity index (χ3v) is 20.8. The van der Waals surface area contributed by atoms with Gasteiger partial charge < -0.3 is 14.4 Å². The van der Waals surface area contributed by atoms with Gasteiger partial charge in [0.2, 0.25) is 0 Å². The van der Waals surface area contributed by atoms with Crippen molar-refractivity contribution in [3.8, 4) is 61.3 Å². The number of para-hydroxylation sites is 2. The first kappa shape index (κ1) is 55.9. The van der Waals surface area contributed by atoms with E-state index >= 15 is 0 Å². The standard InChI is InChI=1S/C86H65BClN3S/c1-85(2,3)60-42-46-71-68(50-60)69-51-61(86(4,5)6)43-47-72(69)89(71)74-53-77-81(84-79(74)67-36-22-23-41-78(67)92-84)87-70-45-44-62(88)52-73(70)90(82-63(55-28-14-8-15-29-55)37-24-38-64(82)56-30-16-9-17-31-56)75-48-59(54-26-12-7-13-27-54)49-76(80(75)87)91(77)83-65(57-32-18-10-19-33-57)39-25-40-66(83)58-34-20-11-21-35-58/h7-53H,1-6H3. The first-order chi connectivity index (χ1) is 44.9. The molecule has 0 N–H and O–H groups in total. The Labute approximate surface area is 547 Å². The fourth-order valence-corrected chi connectivity index (χ4v) is 16.4. The minimum absolute atomic E-state index is 0.0658. The molecule has 17 rings (SSSR count). The second-order valence-corrected chi connectivity index (χ2v) is 28.4. The van der Waals surface area contributed by atoms with Crippen LogP contribution in [-0.2, 0) is 10.8 Å². The Hall–Kier alpha value is -10.2. The molecule has 2 aliphatic heterocycles. The molecule has 3 nitrogen and oxygen atoms in total. The molecule has 92 heavy (non-hydrogen) atoms. The van der Waals surface area contributed by atoms with Crippen molar-refractivity contribution in [2.75, 3.05) is 9.80 Å². The zero-order chi connectivity index (χ0) is 62.1. The van der Waals surface area contributed by atoms with Gasteiger partial charge in [-0.2, -0.15) is 0 Å². The fourth-order valence-electron chi connectivity index (χ4n) is 15.0. The molecule has 0 saturated heterocycles. The minimum Gasteiger partial charge on any atom is -0.310 e. The highest BCUT2D eigenvalue weighted by molar-refractivity contribution is 7.28. The lowest BCUT2D eigenvalue weighted by molar-refractivity contribution is 0.590. The smallest absolute Gasteiger partial charge is 0.254 e. The largest absolute Gasteiger partial charge is 0.310 e. The number of anilines is 6. The highest BCUT2D eigenvalue weighted by atomic mass is 35.5. The number of hydrogen-bond donors (Lipinski definition) is 0. The van der Waals surface area contributed by atoms with Gasteiger partial charge in [-0.1, -0.05) is 278 Å². The zero-order valence-corrected chi connectivity index (χ0v) is 53.9. The summed E-state index contributed by atoms with van der Waals surface area (Å²) in [4.78, 5) is 5.29. The molecule has 0 atom stereocenters. The fraction of sp³-hybridized carbons (Fsp3) is 0.0930. The summed E-state index contributed by atoms with van der Waals surface area (Å²) in [5.74, 6) is 0. The van der Waals surface area contributed by atoms with Gasteiger partial charge in [0, 0.05) is 81.0 Å². The molecule has 0 radical (unpaired) electrons. The van der Waals surface area contributed by atoms with Crippen LogP contribution in [0.2, 0.25) is 5.02 Å². The van der Waals surface area contributed by atoms with Crippen LogP contribution >= 0.6 is 22.9 Å². The van der Waals surface area contributed by atoms with E-state index in [1.807, 2.05) is 11.3 Å². The predicted octanol–water partition coefficient (Wildman–Crippen LogP) is 22.8. The van der Waals surface area contributed by atoms with Crippen LogP contribution in [0.15, 0.2) is 285 Å². The van der Waals surface area contributed by atoms with E-state index in [0.717, 1.165) is 95.4 Å². The lowest BCUT2D eigenvalue weighted by atomic mass is 9.33. The molecule has 0 aliphatic carbocycles. The molecular formula is C86H65BClN3S. The number of thiophene rings is 1. The first-order valence-electron chi connectivity index (χ1n) is 32.0. The number of fused-ring (bicyclic) bond motifs is 11. The summed E-state index contributed by atoms with van der Waals surface area (Å²) in [7, 11) is 0. The van der Waals surface area contributed by atoms with Crippen molar-refractivity contribution < 1.29 is 0 Å². The van der Waals surface area contributed by atoms with Crippen LogP contribution in [0.3, 0.4) is 0 Å². The van der Waals surface area contributed by atoms with E-state index in [0.29, 0.717) is 5.02 Å². The number of benzene rings is 13. The summed E-state index contributed by atoms with van der Waals surface area (Å²) in [6.07, 6.45) is 0. The number of nitrogens with zero attached hydrogens (tertiary/aromatic N) is 3. The number of rotatable bonds is 8. The Kier molecular flexibility index (Phi) is 13.0. The Bertz CT molecular complexity index is 5240. The van der Waals surface area contributed by atoms with Gasteiger partial charge in [-0.3, -0.25) is 0 Å². The first-order valence-corrected chi connectivity index (χ1v) is 33.2. The SMILES string of the molecule is CC(C)(C)c1ccc2c(c1)c1cc(C(C)(C)C)ccc1n2-c1cc2c(c3sc4ccccc4c13)B1c3ccc(Cl)cc3N(c3c(-c4ccccc4)cccc3-c3ccccc3)c3cc(-c4ccccc4)cc(c31)N2c1c(-c2ccccc2)cccc1-c1ccccc1. The van der Waals surface area contributed by atoms with Gasteiger partial charge in [0.1, 0.15) is 0 Å². The van der Waals surface area contributed by atoms with Gasteiger partial charge in [-0.05, 0) is 132 Å². The van der Waals surface area contributed by atoms with Gasteiger partial charge in [0.05, 0.1) is 28.1 Å². The van der Waals surface area contributed by atoms with Crippen LogP contribution in [0.4, 0.5) is 34.1 Å². The Morgan fingerprint density at radius 2 is 0.761 bits per heavy atom. The van der Waals surface area contributed by atoms with Gasteiger partial charge in [-0.25, -0.2) is 0 Å². The monoisotopic (exact) mass is 1220 g/mol. The summed E-state index contributed by atoms with van der Waals surface area (Å²) < 4.78 is 5.12. The van der Waals surface area contributed by atoms with Crippen molar-refractivity contribution in [3.63, 3.8) is 0 Å². The van der Waals surface area contributed by atoms with Gasteiger partial charge in [0.15, 0.2) is 0 Å². The third-order valence-electron chi connectivity index (χ3n) is 19.3. The Balaban J connectivity index is 1.09. The van der Waals surface area contributed by atoms with E-state index in [4.69, 9.17) is 11.6 Å². The summed E-state index contributed by atoms with van der Waals surface area (Å²) in [6, 6.07) is 107. The molecule has 2 aliphatic rings.